The maximum atomic E-state index is 12.9. The zero-order chi connectivity index (χ0) is 31.3. The number of ether oxygens (including phenoxy) is 2. The van der Waals surface area contributed by atoms with Gasteiger partial charge in [0.1, 0.15) is 34.2 Å². The van der Waals surface area contributed by atoms with E-state index >= 15 is 0 Å². The summed E-state index contributed by atoms with van der Waals surface area (Å²) in [5.41, 5.74) is 1.90. The molecule has 1 aromatic heterocycles. The van der Waals surface area contributed by atoms with E-state index in [1.165, 1.54) is 15.9 Å². The molecule has 0 bridgehead atoms. The molecule has 0 aliphatic carbocycles. The number of tetrazole rings is 1. The Bertz CT molecular complexity index is 1690. The highest BCUT2D eigenvalue weighted by atomic mass is 31.2. The molecule has 0 unspecified atom stereocenters. The van der Waals surface area contributed by atoms with E-state index in [-0.39, 0.29) is 5.97 Å². The van der Waals surface area contributed by atoms with Crippen molar-refractivity contribution in [2.45, 2.75) is 6.92 Å². The number of carbonyl (C=O) groups excluding carboxylic acids is 1. The molecular formula is C37H33N4O3P. The minimum Gasteiger partial charge on any atom is -0.497 e. The van der Waals surface area contributed by atoms with Crippen LogP contribution in [0.5, 0.6) is 5.75 Å². The Morgan fingerprint density at radius 2 is 1.20 bits per heavy atom. The zero-order valence-corrected chi connectivity index (χ0v) is 26.0. The van der Waals surface area contributed by atoms with E-state index in [0.717, 1.165) is 22.2 Å². The molecule has 0 fully saturated rings. The van der Waals surface area contributed by atoms with Gasteiger partial charge < -0.3 is 14.6 Å². The van der Waals surface area contributed by atoms with Gasteiger partial charge in [0.25, 0.3) is 0 Å². The first-order valence-corrected chi connectivity index (χ1v) is 16.3. The molecule has 0 saturated carbocycles. The van der Waals surface area contributed by atoms with Gasteiger partial charge in [0.2, 0.25) is 0 Å². The predicted octanol–water partition coefficient (Wildman–Crippen LogP) is 6.09. The summed E-state index contributed by atoms with van der Waals surface area (Å²) in [6.45, 7) is 2.17. The van der Waals surface area contributed by atoms with Crippen LogP contribution in [0.15, 0.2) is 152 Å². The molecule has 0 aliphatic heterocycles. The van der Waals surface area contributed by atoms with E-state index < -0.39 is 7.26 Å². The van der Waals surface area contributed by atoms with Gasteiger partial charge in [-0.05, 0) is 61.0 Å². The van der Waals surface area contributed by atoms with Crippen LogP contribution in [0.25, 0.3) is 16.7 Å². The number of hydrogen-bond acceptors (Lipinski definition) is 6. The van der Waals surface area contributed by atoms with E-state index in [9.17, 15) is 4.79 Å². The van der Waals surface area contributed by atoms with Crippen LogP contribution in [0, 0.1) is 0 Å². The van der Waals surface area contributed by atoms with Gasteiger partial charge in [-0.3, -0.25) is 10.3 Å². The predicted molar refractivity (Wildman–Crippen MR) is 181 cm³/mol. The molecule has 0 N–H and O–H groups in total. The highest BCUT2D eigenvalue weighted by molar-refractivity contribution is 8.03. The molecule has 0 aliphatic rings. The highest BCUT2D eigenvalue weighted by Gasteiger charge is 2.50. The molecule has 1 heterocycles. The number of nitrogens with zero attached hydrogens (tertiary/aromatic N) is 4. The average Bonchev–Trinajstić information content (AvgIpc) is 3.66. The quantitative estimate of drug-likeness (QED) is 0.111. The van der Waals surface area contributed by atoms with Crippen molar-refractivity contribution in [3.05, 3.63) is 157 Å². The first kappa shape index (κ1) is 31.0. The zero-order valence-electron chi connectivity index (χ0n) is 25.1. The molecule has 45 heavy (non-hydrogen) atoms. The summed E-state index contributed by atoms with van der Waals surface area (Å²) in [6, 6.07) is 49.2. The van der Waals surface area contributed by atoms with E-state index in [0.29, 0.717) is 12.4 Å². The standard InChI is InChI=1S/C29H26O2P.C8H7N4O/c1-2-31-29(30)23-28(24-15-7-3-8-16-24)32(25-17-9-4-10-18-25,26-19-11-5-12-20-26)27-21-13-6-14-22-27;1-13-7-4-2-6(3-5-7)8-9-11-12-10-8/h3-23H,2H2,1H3;2-5H,1H3/q+1;-1/b28-23-;. The Labute approximate surface area is 263 Å². The largest absolute Gasteiger partial charge is 0.497 e. The van der Waals surface area contributed by atoms with Crippen LogP contribution in [0.2, 0.25) is 0 Å². The fourth-order valence-electron chi connectivity index (χ4n) is 5.10. The first-order chi connectivity index (χ1) is 22.2. The summed E-state index contributed by atoms with van der Waals surface area (Å²) in [5, 5.41) is 18.8. The van der Waals surface area contributed by atoms with Gasteiger partial charge in [-0.25, -0.2) is 4.79 Å². The Kier molecular flexibility index (Phi) is 10.6. The molecule has 6 aromatic rings. The van der Waals surface area contributed by atoms with E-state index in [1.54, 1.807) is 13.2 Å². The van der Waals surface area contributed by atoms with Crippen LogP contribution in [-0.4, -0.2) is 35.2 Å². The second-order valence-electron chi connectivity index (χ2n) is 9.76. The molecule has 7 nitrogen and oxygen atoms in total. The minimum atomic E-state index is -2.40. The van der Waals surface area contributed by atoms with Gasteiger partial charge in [-0.15, -0.1) is 0 Å². The van der Waals surface area contributed by atoms with Gasteiger partial charge in [0, 0.05) is 11.4 Å². The topological polar surface area (TPSA) is 88.3 Å². The van der Waals surface area contributed by atoms with Crippen LogP contribution >= 0.6 is 7.26 Å². The molecule has 0 saturated heterocycles. The summed E-state index contributed by atoms with van der Waals surface area (Å²) in [7, 11) is -0.780. The Balaban J connectivity index is 0.000000256. The van der Waals surface area contributed by atoms with E-state index in [4.69, 9.17) is 9.47 Å². The number of rotatable bonds is 9. The van der Waals surface area contributed by atoms with Crippen molar-refractivity contribution >= 4 is 34.5 Å². The first-order valence-electron chi connectivity index (χ1n) is 14.5. The maximum absolute atomic E-state index is 12.9. The Hall–Kier alpha value is -5.39. The van der Waals surface area contributed by atoms with E-state index in [1.807, 2.05) is 67.6 Å². The number of methoxy groups -OCH3 is 1. The van der Waals surface area contributed by atoms with Crippen LogP contribution in [0.1, 0.15) is 12.5 Å². The molecule has 8 heteroatoms. The van der Waals surface area contributed by atoms with Crippen molar-refractivity contribution in [2.75, 3.05) is 13.7 Å². The third-order valence-corrected chi connectivity index (χ3v) is 11.4. The number of aromatic nitrogens is 4. The minimum absolute atomic E-state index is 0.321. The van der Waals surface area contributed by atoms with Crippen molar-refractivity contribution < 1.29 is 14.3 Å². The van der Waals surface area contributed by atoms with Crippen molar-refractivity contribution in [1.29, 1.82) is 0 Å². The summed E-state index contributed by atoms with van der Waals surface area (Å²) in [6.07, 6.45) is 1.71. The Morgan fingerprint density at radius 3 is 1.62 bits per heavy atom. The average molecular weight is 613 g/mol. The maximum Gasteiger partial charge on any atom is 0.334 e. The van der Waals surface area contributed by atoms with Gasteiger partial charge in [0.05, 0.1) is 19.8 Å². The summed E-state index contributed by atoms with van der Waals surface area (Å²) >= 11 is 0. The number of carbonyl (C=O) groups is 1. The van der Waals surface area contributed by atoms with Gasteiger partial charge >= 0.3 is 5.97 Å². The van der Waals surface area contributed by atoms with Gasteiger partial charge in [0.15, 0.2) is 0 Å². The highest BCUT2D eigenvalue weighted by Crippen LogP contribution is 2.66. The number of benzene rings is 5. The summed E-state index contributed by atoms with van der Waals surface area (Å²) < 4.78 is 10.4. The molecule has 224 valence electrons. The lowest BCUT2D eigenvalue weighted by Gasteiger charge is -2.29. The van der Waals surface area contributed by atoms with Gasteiger partial charge in [-0.2, -0.15) is 5.21 Å². The summed E-state index contributed by atoms with van der Waals surface area (Å²) in [4.78, 5) is 12.9. The van der Waals surface area contributed by atoms with Gasteiger partial charge in [-0.1, -0.05) is 97.1 Å². The Morgan fingerprint density at radius 1 is 0.711 bits per heavy atom. The molecule has 0 spiro atoms. The monoisotopic (exact) mass is 612 g/mol. The summed E-state index contributed by atoms with van der Waals surface area (Å²) in [5.74, 6) is 1.01. The smallest absolute Gasteiger partial charge is 0.334 e. The molecule has 0 amide bonds. The van der Waals surface area contributed by atoms with Crippen LogP contribution < -0.4 is 25.7 Å². The normalized spacial score (nSPS) is 11.2. The van der Waals surface area contributed by atoms with Crippen molar-refractivity contribution in [1.82, 2.24) is 20.6 Å². The lowest BCUT2D eigenvalue weighted by Crippen LogP contribution is -2.32. The molecule has 0 radical (unpaired) electrons. The van der Waals surface area contributed by atoms with Crippen molar-refractivity contribution in [3.63, 3.8) is 0 Å². The number of esters is 1. The molecule has 6 rings (SSSR count). The molecule has 0 atom stereocenters. The van der Waals surface area contributed by atoms with E-state index in [2.05, 4.69) is 106 Å². The number of hydrogen-bond donors (Lipinski definition) is 0. The lowest BCUT2D eigenvalue weighted by atomic mass is 10.2. The van der Waals surface area contributed by atoms with Crippen molar-refractivity contribution in [2.24, 2.45) is 0 Å². The second kappa shape index (κ2) is 15.4. The third kappa shape index (κ3) is 7.23. The van der Waals surface area contributed by atoms with Crippen LogP contribution in [0.3, 0.4) is 0 Å². The molecule has 5 aromatic carbocycles. The fourth-order valence-corrected chi connectivity index (χ4v) is 9.52. The fraction of sp³-hybridized carbons (Fsp3) is 0.0811. The molecular weight excluding hydrogens is 579 g/mol. The van der Waals surface area contributed by atoms with Crippen molar-refractivity contribution in [3.8, 4) is 17.1 Å². The SMILES string of the molecule is CCOC(=O)/C=C(/c1ccccc1)[P+](c1ccccc1)(c1ccccc1)c1ccccc1.COc1ccc(-c2nnn[n-]2)cc1. The second-order valence-corrected chi connectivity index (χ2v) is 13.1. The lowest BCUT2D eigenvalue weighted by molar-refractivity contribution is -0.137. The third-order valence-electron chi connectivity index (χ3n) is 7.07. The van der Waals surface area contributed by atoms with Crippen LogP contribution in [-0.2, 0) is 9.53 Å². The van der Waals surface area contributed by atoms with Crippen LogP contribution in [0.4, 0.5) is 0 Å².